The number of hydrogen-bond donors (Lipinski definition) is 2. The number of aromatic nitrogens is 4. The first-order chi connectivity index (χ1) is 11.1. The van der Waals surface area contributed by atoms with Gasteiger partial charge in [-0.1, -0.05) is 29.3 Å². The lowest BCUT2D eigenvalue weighted by atomic mass is 10.1. The van der Waals surface area contributed by atoms with Crippen molar-refractivity contribution in [2.75, 3.05) is 4.90 Å². The number of aromatic amines is 1. The van der Waals surface area contributed by atoms with Gasteiger partial charge in [-0.2, -0.15) is 5.21 Å². The molecule has 7 nitrogen and oxygen atoms in total. The Hall–Kier alpha value is -2.64. The molecule has 0 aliphatic rings. The van der Waals surface area contributed by atoms with E-state index >= 15 is 0 Å². The molecule has 0 saturated heterocycles. The summed E-state index contributed by atoms with van der Waals surface area (Å²) in [5.41, 5.74) is 7.03. The Balaban J connectivity index is 2.21. The van der Waals surface area contributed by atoms with Crippen LogP contribution in [0.15, 0.2) is 42.5 Å². The zero-order valence-corrected chi connectivity index (χ0v) is 13.1. The van der Waals surface area contributed by atoms with Crippen LogP contribution in [0.5, 0.6) is 0 Å². The number of nitrogens with zero attached hydrogens (tertiary/aromatic N) is 4. The molecule has 0 radical (unpaired) electrons. The van der Waals surface area contributed by atoms with Gasteiger partial charge in [0.05, 0.1) is 11.4 Å². The maximum atomic E-state index is 12.0. The van der Waals surface area contributed by atoms with Crippen LogP contribution in [-0.4, -0.2) is 26.7 Å². The van der Waals surface area contributed by atoms with E-state index in [1.54, 1.807) is 42.5 Å². The van der Waals surface area contributed by atoms with E-state index in [9.17, 15) is 4.79 Å². The molecule has 1 aromatic heterocycles. The number of carbonyl (C=O) groups is 1. The molecule has 0 fully saturated rings. The van der Waals surface area contributed by atoms with Gasteiger partial charge in [0.2, 0.25) is 5.82 Å². The molecular weight excluding hydrogens is 339 g/mol. The van der Waals surface area contributed by atoms with Crippen molar-refractivity contribution in [3.63, 3.8) is 0 Å². The lowest BCUT2D eigenvalue weighted by molar-refractivity contribution is 0.256. The molecule has 9 heteroatoms. The van der Waals surface area contributed by atoms with Gasteiger partial charge in [0.1, 0.15) is 0 Å². The summed E-state index contributed by atoms with van der Waals surface area (Å²) in [4.78, 5) is 13.3. The standard InChI is InChI=1S/C14H10Cl2N6O/c15-8-2-1-3-10(6-8)22(14(17)23)12-7-9(16)4-5-11(12)13-18-20-21-19-13/h1-7H,(H2,17,23)(H,18,19,20,21). The van der Waals surface area contributed by atoms with Crippen LogP contribution < -0.4 is 10.6 Å². The minimum absolute atomic E-state index is 0.310. The summed E-state index contributed by atoms with van der Waals surface area (Å²) in [5.74, 6) is 0.310. The summed E-state index contributed by atoms with van der Waals surface area (Å²) in [6.07, 6.45) is 0. The maximum Gasteiger partial charge on any atom is 0.323 e. The summed E-state index contributed by atoms with van der Waals surface area (Å²) < 4.78 is 0. The molecule has 0 spiro atoms. The molecular formula is C14H10Cl2N6O. The normalized spacial score (nSPS) is 10.5. The van der Waals surface area contributed by atoms with E-state index in [0.29, 0.717) is 32.8 Å². The van der Waals surface area contributed by atoms with E-state index in [1.165, 1.54) is 4.90 Å². The number of anilines is 2. The van der Waals surface area contributed by atoms with Gasteiger partial charge in [0.15, 0.2) is 0 Å². The van der Waals surface area contributed by atoms with Crippen LogP contribution in [0, 0.1) is 0 Å². The molecule has 3 aromatic rings. The van der Waals surface area contributed by atoms with Crippen LogP contribution in [0.2, 0.25) is 10.0 Å². The molecule has 0 unspecified atom stereocenters. The largest absolute Gasteiger partial charge is 0.351 e. The van der Waals surface area contributed by atoms with Gasteiger partial charge in [-0.05, 0) is 41.6 Å². The first kappa shape index (κ1) is 15.3. The van der Waals surface area contributed by atoms with E-state index in [4.69, 9.17) is 28.9 Å². The van der Waals surface area contributed by atoms with Crippen molar-refractivity contribution in [3.8, 4) is 11.4 Å². The number of urea groups is 1. The molecule has 0 saturated carbocycles. The SMILES string of the molecule is NC(=O)N(c1cccc(Cl)c1)c1cc(Cl)ccc1-c1nn[nH]n1. The van der Waals surface area contributed by atoms with E-state index < -0.39 is 6.03 Å². The van der Waals surface area contributed by atoms with Crippen molar-refractivity contribution < 1.29 is 4.79 Å². The number of nitrogens with two attached hydrogens (primary N) is 1. The molecule has 0 atom stereocenters. The summed E-state index contributed by atoms with van der Waals surface area (Å²) in [7, 11) is 0. The number of carbonyl (C=O) groups excluding carboxylic acids is 1. The number of rotatable bonds is 3. The van der Waals surface area contributed by atoms with Crippen molar-refractivity contribution in [2.45, 2.75) is 0 Å². The Morgan fingerprint density at radius 2 is 1.91 bits per heavy atom. The average Bonchev–Trinajstić information content (AvgIpc) is 3.01. The molecule has 2 amide bonds. The Labute approximate surface area is 141 Å². The fourth-order valence-electron chi connectivity index (χ4n) is 2.16. The third-order valence-corrected chi connectivity index (χ3v) is 3.54. The summed E-state index contributed by atoms with van der Waals surface area (Å²) in [5, 5.41) is 14.7. The zero-order chi connectivity index (χ0) is 16.4. The second-order valence-electron chi connectivity index (χ2n) is 4.55. The summed E-state index contributed by atoms with van der Waals surface area (Å²) in [6.45, 7) is 0. The Morgan fingerprint density at radius 3 is 2.57 bits per heavy atom. The fraction of sp³-hybridized carbons (Fsp3) is 0. The van der Waals surface area contributed by atoms with Gasteiger partial charge < -0.3 is 5.73 Å². The second-order valence-corrected chi connectivity index (χ2v) is 5.42. The van der Waals surface area contributed by atoms with Gasteiger partial charge in [-0.3, -0.25) is 4.90 Å². The van der Waals surface area contributed by atoms with Gasteiger partial charge in [0.25, 0.3) is 0 Å². The maximum absolute atomic E-state index is 12.0. The average molecular weight is 349 g/mol. The van der Waals surface area contributed by atoms with E-state index in [1.807, 2.05) is 0 Å². The number of primary amides is 1. The third kappa shape index (κ3) is 3.10. The second kappa shape index (κ2) is 6.23. The summed E-state index contributed by atoms with van der Waals surface area (Å²) in [6, 6.07) is 11.0. The van der Waals surface area contributed by atoms with Crippen LogP contribution in [0.4, 0.5) is 16.2 Å². The minimum atomic E-state index is -0.695. The smallest absolute Gasteiger partial charge is 0.323 e. The molecule has 1 heterocycles. The topological polar surface area (TPSA) is 101 Å². The minimum Gasteiger partial charge on any atom is -0.351 e. The van der Waals surface area contributed by atoms with Crippen LogP contribution in [-0.2, 0) is 0 Å². The van der Waals surface area contributed by atoms with Crippen molar-refractivity contribution in [1.29, 1.82) is 0 Å². The Bertz CT molecular complexity index is 852. The van der Waals surface area contributed by atoms with Crippen LogP contribution in [0.25, 0.3) is 11.4 Å². The lowest BCUT2D eigenvalue weighted by Crippen LogP contribution is -2.31. The highest BCUT2D eigenvalue weighted by Gasteiger charge is 2.21. The number of nitrogens with one attached hydrogen (secondary N) is 1. The predicted molar refractivity (Wildman–Crippen MR) is 87.8 cm³/mol. The molecule has 3 rings (SSSR count). The number of amides is 2. The third-order valence-electron chi connectivity index (χ3n) is 3.07. The molecule has 0 aliphatic heterocycles. The van der Waals surface area contributed by atoms with Gasteiger partial charge >= 0.3 is 6.03 Å². The molecule has 23 heavy (non-hydrogen) atoms. The highest BCUT2D eigenvalue weighted by Crippen LogP contribution is 2.36. The molecule has 3 N–H and O–H groups in total. The molecule has 116 valence electrons. The van der Waals surface area contributed by atoms with E-state index in [2.05, 4.69) is 20.6 Å². The van der Waals surface area contributed by atoms with Crippen molar-refractivity contribution >= 4 is 40.6 Å². The number of benzene rings is 2. The van der Waals surface area contributed by atoms with Gasteiger partial charge in [0, 0.05) is 15.6 Å². The van der Waals surface area contributed by atoms with Crippen molar-refractivity contribution in [1.82, 2.24) is 20.6 Å². The molecule has 0 aliphatic carbocycles. The lowest BCUT2D eigenvalue weighted by Gasteiger charge is -2.23. The van der Waals surface area contributed by atoms with Crippen molar-refractivity contribution in [2.24, 2.45) is 5.73 Å². The first-order valence-corrected chi connectivity index (χ1v) is 7.20. The number of halogens is 2. The highest BCUT2D eigenvalue weighted by molar-refractivity contribution is 6.31. The van der Waals surface area contributed by atoms with Crippen LogP contribution in [0.3, 0.4) is 0 Å². The zero-order valence-electron chi connectivity index (χ0n) is 11.6. The number of hydrogen-bond acceptors (Lipinski definition) is 4. The van der Waals surface area contributed by atoms with E-state index in [0.717, 1.165) is 0 Å². The Kier molecular flexibility index (Phi) is 4.14. The first-order valence-electron chi connectivity index (χ1n) is 6.45. The van der Waals surface area contributed by atoms with Crippen LogP contribution >= 0.6 is 23.2 Å². The predicted octanol–water partition coefficient (Wildman–Crippen LogP) is 3.39. The van der Waals surface area contributed by atoms with Gasteiger partial charge in [-0.15, -0.1) is 10.2 Å². The number of H-pyrrole nitrogens is 1. The molecule has 0 bridgehead atoms. The van der Waals surface area contributed by atoms with E-state index in [-0.39, 0.29) is 0 Å². The quantitative estimate of drug-likeness (QED) is 0.757. The fourth-order valence-corrected chi connectivity index (χ4v) is 2.51. The van der Waals surface area contributed by atoms with Gasteiger partial charge in [-0.25, -0.2) is 4.79 Å². The van der Waals surface area contributed by atoms with Crippen molar-refractivity contribution in [3.05, 3.63) is 52.5 Å². The Morgan fingerprint density at radius 1 is 1.13 bits per heavy atom. The summed E-state index contributed by atoms with van der Waals surface area (Å²) >= 11 is 12.1. The molecule has 2 aromatic carbocycles. The highest BCUT2D eigenvalue weighted by atomic mass is 35.5. The van der Waals surface area contributed by atoms with Crippen LogP contribution in [0.1, 0.15) is 0 Å². The monoisotopic (exact) mass is 348 g/mol. The number of tetrazole rings is 1.